The molecule has 366 valence electrons. The van der Waals surface area contributed by atoms with Gasteiger partial charge in [-0.15, -0.1) is 0 Å². The highest BCUT2D eigenvalue weighted by molar-refractivity contribution is 6.35. The van der Waals surface area contributed by atoms with E-state index >= 15 is 0 Å². The van der Waals surface area contributed by atoms with Gasteiger partial charge in [-0.3, -0.25) is 14.3 Å². The van der Waals surface area contributed by atoms with Gasteiger partial charge < -0.3 is 43.3 Å². The number of rotatable bonds is 14. The van der Waals surface area contributed by atoms with Crippen molar-refractivity contribution in [3.63, 3.8) is 0 Å². The van der Waals surface area contributed by atoms with Gasteiger partial charge in [0.2, 0.25) is 0 Å². The van der Waals surface area contributed by atoms with E-state index in [1.165, 1.54) is 38.1 Å². The molecule has 5 heterocycles. The first-order chi connectivity index (χ1) is 32.2. The minimum Gasteiger partial charge on any atom is -0.506 e. The molecule has 0 bridgehead atoms. The molecule has 26 heteroatoms. The number of aliphatic hydroxyl groups is 2. The normalized spacial score (nSPS) is 14.3. The summed E-state index contributed by atoms with van der Waals surface area (Å²) in [6.07, 6.45) is -10.2. The van der Waals surface area contributed by atoms with Crippen molar-refractivity contribution in [3.8, 4) is 56.7 Å². The molecule has 7 rings (SSSR count). The van der Waals surface area contributed by atoms with Gasteiger partial charge in [-0.1, -0.05) is 57.8 Å². The van der Waals surface area contributed by atoms with E-state index in [1.54, 1.807) is 12.1 Å². The number of hydrogen-bond donors (Lipinski definition) is 3. The van der Waals surface area contributed by atoms with Gasteiger partial charge in [0.05, 0.1) is 86.3 Å². The molecule has 3 N–H and O–H groups in total. The number of ether oxygens (including phenoxy) is 4. The van der Waals surface area contributed by atoms with Crippen molar-refractivity contribution in [1.82, 2.24) is 34.8 Å². The molecule has 1 saturated heterocycles. The standard InChI is InChI=1S/C24H26ClF3N4O6.C18H15ClF3N3O5/c1-14(33)13-32-22(24(26,27)28)16(12-29-32)21-18(23(34)35-2)20(30-38-21)15-4-3-5-17(19(15)25)37-11-8-31-6-9-36-10-7-31;1-8(26)7-25-16(18(20,21)22)10(6-23-25)15-12(17(28)29-2)14(24-30-15)9-4-3-5-11(27)13(9)19/h3-5,12,14,33H,6-11,13H2,1-2H3;3-6,8,26-27H,7H2,1-2H3/t14-;8-/m00/s1. The summed E-state index contributed by atoms with van der Waals surface area (Å²) in [4.78, 5) is 27.4. The largest absolute Gasteiger partial charge is 0.506 e. The number of benzene rings is 2. The minimum absolute atomic E-state index is 0.0528. The molecule has 0 saturated carbocycles. The van der Waals surface area contributed by atoms with Crippen molar-refractivity contribution < 1.29 is 79.2 Å². The molecular formula is C42H41Cl2F6N7O11. The number of aromatic hydroxyl groups is 1. The molecule has 0 radical (unpaired) electrons. The van der Waals surface area contributed by atoms with Gasteiger partial charge in [-0.25, -0.2) is 9.59 Å². The quantitative estimate of drug-likeness (QED) is 0.0710. The molecule has 2 atom stereocenters. The van der Waals surface area contributed by atoms with E-state index in [4.69, 9.17) is 51.2 Å². The number of hydrogen-bond acceptors (Lipinski definition) is 16. The van der Waals surface area contributed by atoms with Crippen LogP contribution in [0, 0.1) is 0 Å². The lowest BCUT2D eigenvalue weighted by atomic mass is 10.0. The molecule has 0 aliphatic carbocycles. The van der Waals surface area contributed by atoms with Crippen molar-refractivity contribution in [2.75, 3.05) is 53.7 Å². The number of alkyl halides is 6. The van der Waals surface area contributed by atoms with Gasteiger partial charge in [0.25, 0.3) is 0 Å². The molecule has 2 aromatic carbocycles. The zero-order valence-electron chi connectivity index (χ0n) is 36.2. The molecule has 0 unspecified atom stereocenters. The summed E-state index contributed by atoms with van der Waals surface area (Å²) in [5.41, 5.74) is -4.41. The van der Waals surface area contributed by atoms with Crippen LogP contribution in [0.2, 0.25) is 10.0 Å². The lowest BCUT2D eigenvalue weighted by molar-refractivity contribution is -0.145. The number of esters is 2. The van der Waals surface area contributed by atoms with Crippen molar-refractivity contribution in [2.45, 2.75) is 51.5 Å². The number of halogens is 8. The zero-order chi connectivity index (χ0) is 49.7. The maximum atomic E-state index is 14.0. The molecule has 1 aliphatic rings. The monoisotopic (exact) mass is 1000 g/mol. The predicted octanol–water partition coefficient (Wildman–Crippen LogP) is 7.51. The van der Waals surface area contributed by atoms with E-state index < -0.39 is 89.2 Å². The van der Waals surface area contributed by atoms with Crippen LogP contribution < -0.4 is 4.74 Å². The Morgan fingerprint density at radius 3 is 1.63 bits per heavy atom. The summed E-state index contributed by atoms with van der Waals surface area (Å²) in [5.74, 6) is -3.07. The molecule has 0 spiro atoms. The van der Waals surface area contributed by atoms with Crippen LogP contribution >= 0.6 is 23.2 Å². The predicted molar refractivity (Wildman–Crippen MR) is 227 cm³/mol. The second kappa shape index (κ2) is 21.4. The first-order valence-corrected chi connectivity index (χ1v) is 20.9. The van der Waals surface area contributed by atoms with Crippen molar-refractivity contribution in [3.05, 3.63) is 81.4 Å². The van der Waals surface area contributed by atoms with Gasteiger partial charge in [0.15, 0.2) is 22.9 Å². The highest BCUT2D eigenvalue weighted by Gasteiger charge is 2.43. The fourth-order valence-corrected chi connectivity index (χ4v) is 7.48. The SMILES string of the molecule is COC(=O)c1c(-c2cccc(O)c2Cl)noc1-c1cnn(C[C@H](C)O)c1C(F)(F)F.COC(=O)c1c(-c2cccc(OCCN3CCOCC3)c2Cl)noc1-c1cnn(C[C@H](C)O)c1C(F)(F)F. The van der Waals surface area contributed by atoms with Crippen LogP contribution in [0.5, 0.6) is 11.5 Å². The highest BCUT2D eigenvalue weighted by Crippen LogP contribution is 2.45. The van der Waals surface area contributed by atoms with Gasteiger partial charge in [0.1, 0.15) is 40.6 Å². The average molecular weight is 1000 g/mol. The third kappa shape index (κ3) is 11.2. The number of carbonyl (C=O) groups is 2. The number of phenols is 1. The Bertz CT molecular complexity index is 2730. The number of phenolic OH excluding ortho intramolecular Hbond substituents is 1. The first kappa shape index (κ1) is 51.2. The number of aliphatic hydroxyl groups excluding tert-OH is 2. The van der Waals surface area contributed by atoms with Crippen LogP contribution in [0.3, 0.4) is 0 Å². The van der Waals surface area contributed by atoms with E-state index in [0.29, 0.717) is 41.5 Å². The highest BCUT2D eigenvalue weighted by atomic mass is 35.5. The van der Waals surface area contributed by atoms with Gasteiger partial charge in [0, 0.05) is 30.8 Å². The Morgan fingerprint density at radius 2 is 1.19 bits per heavy atom. The molecule has 0 amide bonds. The number of aromatic nitrogens is 6. The Balaban J connectivity index is 0.000000230. The average Bonchev–Trinajstić information content (AvgIpc) is 4.10. The Labute approximate surface area is 391 Å². The van der Waals surface area contributed by atoms with Crippen molar-refractivity contribution >= 4 is 35.1 Å². The maximum Gasteiger partial charge on any atom is 0.433 e. The molecule has 18 nitrogen and oxygen atoms in total. The second-order valence-corrected chi connectivity index (χ2v) is 15.6. The molecular weight excluding hydrogens is 963 g/mol. The fraction of sp³-hybridized carbons (Fsp3) is 0.381. The summed E-state index contributed by atoms with van der Waals surface area (Å²) >= 11 is 12.6. The minimum atomic E-state index is -4.89. The van der Waals surface area contributed by atoms with Crippen molar-refractivity contribution in [1.29, 1.82) is 0 Å². The maximum absolute atomic E-state index is 14.0. The third-order valence-electron chi connectivity index (χ3n) is 9.96. The second-order valence-electron chi connectivity index (χ2n) is 14.9. The molecule has 4 aromatic heterocycles. The number of carbonyl (C=O) groups excluding carboxylic acids is 2. The molecule has 68 heavy (non-hydrogen) atoms. The smallest absolute Gasteiger partial charge is 0.433 e. The van der Waals surface area contributed by atoms with Crippen LogP contribution in [0.1, 0.15) is 46.0 Å². The zero-order valence-corrected chi connectivity index (χ0v) is 37.7. The van der Waals surface area contributed by atoms with Gasteiger partial charge in [-0.05, 0) is 26.0 Å². The summed E-state index contributed by atoms with van der Waals surface area (Å²) in [5, 5.41) is 43.9. The van der Waals surface area contributed by atoms with E-state index in [2.05, 4.69) is 25.4 Å². The topological polar surface area (TPSA) is 223 Å². The number of nitrogens with zero attached hydrogens (tertiary/aromatic N) is 7. The van der Waals surface area contributed by atoms with Crippen LogP contribution in [-0.2, 0) is 39.7 Å². The molecule has 1 aliphatic heterocycles. The summed E-state index contributed by atoms with van der Waals surface area (Å²) in [7, 11) is 2.12. The van der Waals surface area contributed by atoms with E-state index in [9.17, 15) is 51.3 Å². The Morgan fingerprint density at radius 1 is 0.735 bits per heavy atom. The third-order valence-corrected chi connectivity index (χ3v) is 10.8. The van der Waals surface area contributed by atoms with E-state index in [0.717, 1.165) is 39.7 Å². The first-order valence-electron chi connectivity index (χ1n) is 20.2. The van der Waals surface area contributed by atoms with Crippen LogP contribution in [0.25, 0.3) is 45.2 Å². The van der Waals surface area contributed by atoms with E-state index in [-0.39, 0.29) is 43.9 Å². The van der Waals surface area contributed by atoms with Crippen LogP contribution in [-0.4, -0.2) is 128 Å². The Hall–Kier alpha value is -6.18. The van der Waals surface area contributed by atoms with E-state index in [1.807, 2.05) is 0 Å². The molecule has 6 aromatic rings. The summed E-state index contributed by atoms with van der Waals surface area (Å²) < 4.78 is 116. The van der Waals surface area contributed by atoms with Crippen LogP contribution in [0.4, 0.5) is 26.3 Å². The number of methoxy groups -OCH3 is 2. The lowest BCUT2D eigenvalue weighted by Gasteiger charge is -2.26. The summed E-state index contributed by atoms with van der Waals surface area (Å²) in [6, 6.07) is 8.87. The van der Waals surface area contributed by atoms with Gasteiger partial charge in [-0.2, -0.15) is 36.5 Å². The lowest BCUT2D eigenvalue weighted by Crippen LogP contribution is -2.38. The number of morpholine rings is 1. The van der Waals surface area contributed by atoms with Crippen molar-refractivity contribution in [2.24, 2.45) is 0 Å². The van der Waals surface area contributed by atoms with Gasteiger partial charge >= 0.3 is 24.3 Å². The van der Waals surface area contributed by atoms with Crippen LogP contribution in [0.15, 0.2) is 57.8 Å². The fourth-order valence-electron chi connectivity index (χ4n) is 6.99. The Kier molecular flexibility index (Phi) is 16.1. The molecule has 1 fully saturated rings. The summed E-state index contributed by atoms with van der Waals surface area (Å²) in [6.45, 7) is 5.59.